The van der Waals surface area contributed by atoms with Crippen LogP contribution in [0.4, 0.5) is 8.78 Å². The van der Waals surface area contributed by atoms with Crippen LogP contribution in [-0.2, 0) is 16.0 Å². The number of carbonyl (C=O) groups is 2. The highest BCUT2D eigenvalue weighted by molar-refractivity contribution is 9.09. The molecule has 0 aromatic heterocycles. The lowest BCUT2D eigenvalue weighted by Gasteiger charge is -2.11. The number of hydrogen-bond donors (Lipinski definition) is 0. The molecular weight excluding hydrogens is 338 g/mol. The van der Waals surface area contributed by atoms with Gasteiger partial charge in [0.1, 0.15) is 11.5 Å². The summed E-state index contributed by atoms with van der Waals surface area (Å²) >= 11 is 3.01. The number of carbonyl (C=O) groups excluding carboxylic acids is 2. The summed E-state index contributed by atoms with van der Waals surface area (Å²) in [7, 11) is 0. The molecule has 4 nitrogen and oxygen atoms in total. The Kier molecular flexibility index (Phi) is 6.57. The van der Waals surface area contributed by atoms with Crippen LogP contribution < -0.4 is 4.74 Å². The maximum atomic E-state index is 12.2. The van der Waals surface area contributed by atoms with Crippen molar-refractivity contribution in [2.45, 2.75) is 20.0 Å². The third kappa shape index (κ3) is 4.88. The van der Waals surface area contributed by atoms with Crippen LogP contribution in [0.2, 0.25) is 0 Å². The largest absolute Gasteiger partial charge is 0.462 e. The molecule has 1 aromatic carbocycles. The minimum Gasteiger partial charge on any atom is -0.462 e. The van der Waals surface area contributed by atoms with Crippen molar-refractivity contribution in [2.75, 3.05) is 11.9 Å². The van der Waals surface area contributed by atoms with Crippen molar-refractivity contribution in [1.29, 1.82) is 0 Å². The lowest BCUT2D eigenvalue weighted by atomic mass is 10.0. The number of alkyl halides is 3. The molecule has 0 heterocycles. The van der Waals surface area contributed by atoms with Crippen LogP contribution in [0.5, 0.6) is 5.75 Å². The zero-order valence-corrected chi connectivity index (χ0v) is 12.3. The van der Waals surface area contributed by atoms with E-state index in [1.807, 2.05) is 0 Å². The van der Waals surface area contributed by atoms with Crippen molar-refractivity contribution >= 4 is 27.7 Å². The zero-order valence-electron chi connectivity index (χ0n) is 10.7. The average Bonchev–Trinajstić information content (AvgIpc) is 2.38. The number of halogens is 3. The number of ether oxygens (including phenoxy) is 2. The van der Waals surface area contributed by atoms with Crippen molar-refractivity contribution in [2.24, 2.45) is 0 Å². The molecule has 0 unspecified atom stereocenters. The smallest absolute Gasteiger partial charge is 0.387 e. The van der Waals surface area contributed by atoms with Crippen LogP contribution in [0, 0.1) is 0 Å². The van der Waals surface area contributed by atoms with Gasteiger partial charge in [-0.25, -0.2) is 4.79 Å². The Morgan fingerprint density at radius 1 is 1.35 bits per heavy atom. The van der Waals surface area contributed by atoms with Crippen LogP contribution >= 0.6 is 15.9 Å². The SMILES string of the molecule is CCOC(=O)c1ccc(OC(F)F)cc1CC(=O)CBr. The van der Waals surface area contributed by atoms with Gasteiger partial charge in [0.05, 0.1) is 17.5 Å². The summed E-state index contributed by atoms with van der Waals surface area (Å²) in [4.78, 5) is 23.2. The Balaban J connectivity index is 3.08. The third-order valence-electron chi connectivity index (χ3n) is 2.33. The molecule has 1 aromatic rings. The second kappa shape index (κ2) is 7.94. The van der Waals surface area contributed by atoms with E-state index in [9.17, 15) is 18.4 Å². The number of hydrogen-bond acceptors (Lipinski definition) is 4. The maximum Gasteiger partial charge on any atom is 0.387 e. The van der Waals surface area contributed by atoms with Crippen molar-refractivity contribution in [3.63, 3.8) is 0 Å². The van der Waals surface area contributed by atoms with E-state index in [-0.39, 0.29) is 35.5 Å². The molecule has 0 spiro atoms. The fourth-order valence-electron chi connectivity index (χ4n) is 1.56. The van der Waals surface area contributed by atoms with E-state index < -0.39 is 12.6 Å². The molecule has 0 atom stereocenters. The Morgan fingerprint density at radius 2 is 2.05 bits per heavy atom. The molecule has 0 aliphatic heterocycles. The average molecular weight is 351 g/mol. The van der Waals surface area contributed by atoms with Crippen LogP contribution in [0.1, 0.15) is 22.8 Å². The molecule has 110 valence electrons. The molecule has 0 fully saturated rings. The Bertz CT molecular complexity index is 491. The summed E-state index contributed by atoms with van der Waals surface area (Å²) in [5.41, 5.74) is 0.466. The minimum absolute atomic E-state index is 0.0696. The number of rotatable bonds is 7. The zero-order chi connectivity index (χ0) is 15.1. The molecule has 0 N–H and O–H groups in total. The van der Waals surface area contributed by atoms with Gasteiger partial charge in [0.15, 0.2) is 0 Å². The standard InChI is InChI=1S/C13H13BrF2O4/c1-2-19-12(18)11-4-3-10(20-13(15)16)6-8(11)5-9(17)7-14/h3-4,6,13H,2,5,7H2,1H3. The predicted octanol–water partition coefficient (Wildman–Crippen LogP) is 2.97. The molecular formula is C13H13BrF2O4. The van der Waals surface area contributed by atoms with Gasteiger partial charge in [-0.15, -0.1) is 0 Å². The fraction of sp³-hybridized carbons (Fsp3) is 0.385. The first kappa shape index (κ1) is 16.6. The van der Waals surface area contributed by atoms with Gasteiger partial charge in [-0.05, 0) is 30.7 Å². The molecule has 0 amide bonds. The second-order valence-electron chi connectivity index (χ2n) is 3.77. The van der Waals surface area contributed by atoms with Crippen molar-refractivity contribution in [3.8, 4) is 5.75 Å². The van der Waals surface area contributed by atoms with Crippen LogP contribution in [0.25, 0.3) is 0 Å². The van der Waals surface area contributed by atoms with Gasteiger partial charge in [0.25, 0.3) is 0 Å². The lowest BCUT2D eigenvalue weighted by molar-refractivity contribution is -0.115. The summed E-state index contributed by atoms with van der Waals surface area (Å²) in [5, 5.41) is 0.106. The fourth-order valence-corrected chi connectivity index (χ4v) is 1.76. The summed E-state index contributed by atoms with van der Waals surface area (Å²) in [6.45, 7) is -1.14. The van der Waals surface area contributed by atoms with Gasteiger partial charge in [-0.1, -0.05) is 15.9 Å². The van der Waals surface area contributed by atoms with Crippen molar-refractivity contribution in [1.82, 2.24) is 0 Å². The normalized spacial score (nSPS) is 10.4. The van der Waals surface area contributed by atoms with Gasteiger partial charge >= 0.3 is 12.6 Å². The first-order valence-corrected chi connectivity index (χ1v) is 6.92. The van der Waals surface area contributed by atoms with E-state index in [0.29, 0.717) is 5.56 Å². The summed E-state index contributed by atoms with van der Waals surface area (Å²) in [5.74, 6) is -0.899. The van der Waals surface area contributed by atoms with Crippen LogP contribution in [0.15, 0.2) is 18.2 Å². The molecule has 20 heavy (non-hydrogen) atoms. The Morgan fingerprint density at radius 3 is 2.60 bits per heavy atom. The van der Waals surface area contributed by atoms with Crippen molar-refractivity contribution in [3.05, 3.63) is 29.3 Å². The van der Waals surface area contributed by atoms with Gasteiger partial charge < -0.3 is 9.47 Å². The summed E-state index contributed by atoms with van der Waals surface area (Å²) in [6, 6.07) is 3.80. The van der Waals surface area contributed by atoms with Crippen LogP contribution in [0.3, 0.4) is 0 Å². The number of esters is 1. The van der Waals surface area contributed by atoms with Gasteiger partial charge in [0, 0.05) is 6.42 Å². The first-order chi connectivity index (χ1) is 9.47. The molecule has 1 rings (SSSR count). The Hall–Kier alpha value is -1.50. The molecule has 0 aliphatic rings. The van der Waals surface area contributed by atoms with E-state index in [2.05, 4.69) is 20.7 Å². The molecule has 0 saturated heterocycles. The topological polar surface area (TPSA) is 52.6 Å². The summed E-state index contributed by atoms with van der Waals surface area (Å²) < 4.78 is 33.5. The second-order valence-corrected chi connectivity index (χ2v) is 4.33. The van der Waals surface area contributed by atoms with Gasteiger partial charge in [0.2, 0.25) is 0 Å². The van der Waals surface area contributed by atoms with E-state index in [1.54, 1.807) is 6.92 Å². The molecule has 0 saturated carbocycles. The van der Waals surface area contributed by atoms with Crippen molar-refractivity contribution < 1.29 is 27.8 Å². The monoisotopic (exact) mass is 350 g/mol. The summed E-state index contributed by atoms with van der Waals surface area (Å²) in [6.07, 6.45) is -0.0696. The predicted molar refractivity (Wildman–Crippen MR) is 71.5 cm³/mol. The molecule has 0 aliphatic carbocycles. The maximum absolute atomic E-state index is 12.2. The number of ketones is 1. The number of Topliss-reactive ketones (excluding diaryl/α,β-unsaturated/α-hetero) is 1. The first-order valence-electron chi connectivity index (χ1n) is 5.80. The highest BCUT2D eigenvalue weighted by Gasteiger charge is 2.17. The highest BCUT2D eigenvalue weighted by Crippen LogP contribution is 2.21. The molecule has 7 heteroatoms. The molecule has 0 radical (unpaired) electrons. The lowest BCUT2D eigenvalue weighted by Crippen LogP contribution is -2.13. The van der Waals surface area contributed by atoms with Crippen LogP contribution in [-0.4, -0.2) is 30.3 Å². The van der Waals surface area contributed by atoms with E-state index in [0.717, 1.165) is 0 Å². The minimum atomic E-state index is -2.97. The van der Waals surface area contributed by atoms with E-state index in [1.165, 1.54) is 18.2 Å². The molecule has 0 bridgehead atoms. The van der Waals surface area contributed by atoms with Gasteiger partial charge in [-0.3, -0.25) is 4.79 Å². The quantitative estimate of drug-likeness (QED) is 0.560. The Labute approximate surface area is 123 Å². The highest BCUT2D eigenvalue weighted by atomic mass is 79.9. The number of benzene rings is 1. The van der Waals surface area contributed by atoms with E-state index >= 15 is 0 Å². The van der Waals surface area contributed by atoms with E-state index in [4.69, 9.17) is 4.74 Å². The van der Waals surface area contributed by atoms with Gasteiger partial charge in [-0.2, -0.15) is 8.78 Å². The third-order valence-corrected chi connectivity index (χ3v) is 2.96.